The number of nitrogens with one attached hydrogen (secondary N) is 1. The fourth-order valence-corrected chi connectivity index (χ4v) is 1.87. The van der Waals surface area contributed by atoms with Gasteiger partial charge in [-0.2, -0.15) is 0 Å². The fraction of sp³-hybridized carbons (Fsp3) is 0.562. The SMILES string of the molecule is CCCCCNC(=O)c1ccc(OCC)c(OCC)c1. The predicted molar refractivity (Wildman–Crippen MR) is 80.6 cm³/mol. The van der Waals surface area contributed by atoms with Crippen LogP contribution in [0, 0.1) is 0 Å². The molecule has 1 aromatic rings. The second-order valence-corrected chi connectivity index (χ2v) is 4.49. The van der Waals surface area contributed by atoms with Gasteiger partial charge in [0.05, 0.1) is 13.2 Å². The lowest BCUT2D eigenvalue weighted by Gasteiger charge is -2.12. The third-order valence-electron chi connectivity index (χ3n) is 2.87. The van der Waals surface area contributed by atoms with Crippen molar-refractivity contribution in [3.05, 3.63) is 23.8 Å². The summed E-state index contributed by atoms with van der Waals surface area (Å²) in [5.74, 6) is 1.23. The molecular formula is C16H25NO3. The van der Waals surface area contributed by atoms with E-state index in [1.165, 1.54) is 0 Å². The van der Waals surface area contributed by atoms with Gasteiger partial charge < -0.3 is 14.8 Å². The topological polar surface area (TPSA) is 47.6 Å². The Bertz CT molecular complexity index is 418. The Morgan fingerprint density at radius 2 is 1.75 bits per heavy atom. The van der Waals surface area contributed by atoms with E-state index in [0.717, 1.165) is 19.3 Å². The van der Waals surface area contributed by atoms with Crippen LogP contribution in [-0.2, 0) is 0 Å². The molecule has 1 amide bonds. The Hall–Kier alpha value is -1.71. The second kappa shape index (κ2) is 9.23. The molecule has 0 atom stereocenters. The van der Waals surface area contributed by atoms with Crippen LogP contribution in [0.1, 0.15) is 50.4 Å². The first-order chi connectivity index (χ1) is 9.72. The van der Waals surface area contributed by atoms with Gasteiger partial charge in [0.25, 0.3) is 5.91 Å². The maximum atomic E-state index is 12.0. The first-order valence-electron chi connectivity index (χ1n) is 7.40. The zero-order valence-corrected chi connectivity index (χ0v) is 12.7. The van der Waals surface area contributed by atoms with E-state index in [1.807, 2.05) is 13.8 Å². The number of amides is 1. The first kappa shape index (κ1) is 16.3. The average molecular weight is 279 g/mol. The summed E-state index contributed by atoms with van der Waals surface area (Å²) in [4.78, 5) is 12.0. The minimum absolute atomic E-state index is 0.0647. The number of benzene rings is 1. The normalized spacial score (nSPS) is 10.2. The minimum atomic E-state index is -0.0647. The lowest BCUT2D eigenvalue weighted by atomic mass is 10.2. The maximum absolute atomic E-state index is 12.0. The van der Waals surface area contributed by atoms with E-state index in [0.29, 0.717) is 36.8 Å². The van der Waals surface area contributed by atoms with Gasteiger partial charge in [0.1, 0.15) is 0 Å². The average Bonchev–Trinajstić information content (AvgIpc) is 2.45. The third-order valence-corrected chi connectivity index (χ3v) is 2.87. The molecule has 0 saturated carbocycles. The number of ether oxygens (including phenoxy) is 2. The molecule has 0 aliphatic carbocycles. The highest BCUT2D eigenvalue weighted by Gasteiger charge is 2.10. The predicted octanol–water partition coefficient (Wildman–Crippen LogP) is 3.40. The molecule has 0 heterocycles. The van der Waals surface area contributed by atoms with Gasteiger partial charge in [-0.3, -0.25) is 4.79 Å². The van der Waals surface area contributed by atoms with Gasteiger partial charge in [0.2, 0.25) is 0 Å². The molecule has 20 heavy (non-hydrogen) atoms. The molecular weight excluding hydrogens is 254 g/mol. The lowest BCUT2D eigenvalue weighted by molar-refractivity contribution is 0.0952. The summed E-state index contributed by atoms with van der Waals surface area (Å²) < 4.78 is 11.0. The van der Waals surface area contributed by atoms with E-state index >= 15 is 0 Å². The standard InChI is InChI=1S/C16H25NO3/c1-4-7-8-11-17-16(18)13-9-10-14(19-5-2)15(12-13)20-6-3/h9-10,12H,4-8,11H2,1-3H3,(H,17,18). The molecule has 112 valence electrons. The Morgan fingerprint density at radius 1 is 1.05 bits per heavy atom. The molecule has 0 aromatic heterocycles. The van der Waals surface area contributed by atoms with Gasteiger partial charge in [0, 0.05) is 12.1 Å². The quantitative estimate of drug-likeness (QED) is 0.705. The van der Waals surface area contributed by atoms with E-state index in [9.17, 15) is 4.79 Å². The van der Waals surface area contributed by atoms with Gasteiger partial charge in [0.15, 0.2) is 11.5 Å². The van der Waals surface area contributed by atoms with Crippen molar-refractivity contribution in [3.8, 4) is 11.5 Å². The van der Waals surface area contributed by atoms with E-state index in [2.05, 4.69) is 12.2 Å². The summed E-state index contributed by atoms with van der Waals surface area (Å²) in [7, 11) is 0. The molecule has 0 saturated heterocycles. The summed E-state index contributed by atoms with van der Waals surface area (Å²) in [6.45, 7) is 7.80. The number of rotatable bonds is 9. The lowest BCUT2D eigenvalue weighted by Crippen LogP contribution is -2.24. The zero-order chi connectivity index (χ0) is 14.8. The molecule has 0 fully saturated rings. The molecule has 0 aliphatic rings. The van der Waals surface area contributed by atoms with Crippen molar-refractivity contribution in [2.75, 3.05) is 19.8 Å². The monoisotopic (exact) mass is 279 g/mol. The highest BCUT2D eigenvalue weighted by molar-refractivity contribution is 5.94. The molecule has 0 radical (unpaired) electrons. The van der Waals surface area contributed by atoms with Crippen molar-refractivity contribution in [1.82, 2.24) is 5.32 Å². The summed E-state index contributed by atoms with van der Waals surface area (Å²) in [6.07, 6.45) is 3.29. The number of hydrogen-bond donors (Lipinski definition) is 1. The molecule has 4 nitrogen and oxygen atoms in total. The number of unbranched alkanes of at least 4 members (excludes halogenated alkanes) is 2. The van der Waals surface area contributed by atoms with E-state index in [4.69, 9.17) is 9.47 Å². The maximum Gasteiger partial charge on any atom is 0.251 e. The molecule has 1 N–H and O–H groups in total. The Kier molecular flexibility index (Phi) is 7.55. The zero-order valence-electron chi connectivity index (χ0n) is 12.7. The Balaban J connectivity index is 2.69. The van der Waals surface area contributed by atoms with Crippen LogP contribution in [0.2, 0.25) is 0 Å². The van der Waals surface area contributed by atoms with Crippen molar-refractivity contribution in [3.63, 3.8) is 0 Å². The van der Waals surface area contributed by atoms with E-state index < -0.39 is 0 Å². The van der Waals surface area contributed by atoms with Crippen molar-refractivity contribution < 1.29 is 14.3 Å². The van der Waals surface area contributed by atoms with Crippen LogP contribution < -0.4 is 14.8 Å². The fourth-order valence-electron chi connectivity index (χ4n) is 1.87. The van der Waals surface area contributed by atoms with Crippen LogP contribution in [0.15, 0.2) is 18.2 Å². The van der Waals surface area contributed by atoms with Crippen molar-refractivity contribution in [1.29, 1.82) is 0 Å². The summed E-state index contributed by atoms with van der Waals surface area (Å²) in [6, 6.07) is 5.29. The van der Waals surface area contributed by atoms with Gasteiger partial charge in [-0.15, -0.1) is 0 Å². The molecule has 1 aromatic carbocycles. The molecule has 0 unspecified atom stereocenters. The van der Waals surface area contributed by atoms with Crippen LogP contribution in [-0.4, -0.2) is 25.7 Å². The molecule has 1 rings (SSSR count). The summed E-state index contributed by atoms with van der Waals surface area (Å²) >= 11 is 0. The Morgan fingerprint density at radius 3 is 2.40 bits per heavy atom. The Labute approximate surface area is 121 Å². The van der Waals surface area contributed by atoms with Crippen LogP contribution in [0.25, 0.3) is 0 Å². The van der Waals surface area contributed by atoms with Gasteiger partial charge in [-0.25, -0.2) is 0 Å². The van der Waals surface area contributed by atoms with Crippen molar-refractivity contribution >= 4 is 5.91 Å². The number of hydrogen-bond acceptors (Lipinski definition) is 3. The van der Waals surface area contributed by atoms with Crippen molar-refractivity contribution in [2.45, 2.75) is 40.0 Å². The van der Waals surface area contributed by atoms with Crippen LogP contribution in [0.3, 0.4) is 0 Å². The number of carbonyl (C=O) groups is 1. The van der Waals surface area contributed by atoms with Gasteiger partial charge in [-0.1, -0.05) is 19.8 Å². The largest absolute Gasteiger partial charge is 0.490 e. The van der Waals surface area contributed by atoms with Crippen LogP contribution in [0.4, 0.5) is 0 Å². The molecule has 0 bridgehead atoms. The third kappa shape index (κ3) is 5.11. The van der Waals surface area contributed by atoms with E-state index in [-0.39, 0.29) is 5.91 Å². The molecule has 0 aliphatic heterocycles. The second-order valence-electron chi connectivity index (χ2n) is 4.49. The highest BCUT2D eigenvalue weighted by Crippen LogP contribution is 2.28. The van der Waals surface area contributed by atoms with Crippen LogP contribution in [0.5, 0.6) is 11.5 Å². The first-order valence-corrected chi connectivity index (χ1v) is 7.40. The molecule has 0 spiro atoms. The van der Waals surface area contributed by atoms with Gasteiger partial charge in [-0.05, 0) is 38.5 Å². The highest BCUT2D eigenvalue weighted by atomic mass is 16.5. The van der Waals surface area contributed by atoms with Crippen LogP contribution >= 0.6 is 0 Å². The van der Waals surface area contributed by atoms with E-state index in [1.54, 1.807) is 18.2 Å². The van der Waals surface area contributed by atoms with Crippen molar-refractivity contribution in [2.24, 2.45) is 0 Å². The minimum Gasteiger partial charge on any atom is -0.490 e. The number of carbonyl (C=O) groups excluding carboxylic acids is 1. The smallest absolute Gasteiger partial charge is 0.251 e. The summed E-state index contributed by atoms with van der Waals surface area (Å²) in [5.41, 5.74) is 0.605. The molecule has 4 heteroatoms. The summed E-state index contributed by atoms with van der Waals surface area (Å²) in [5, 5.41) is 2.92. The van der Waals surface area contributed by atoms with Gasteiger partial charge >= 0.3 is 0 Å².